The minimum atomic E-state index is 0.795. The van der Waals surface area contributed by atoms with E-state index in [9.17, 15) is 0 Å². The Bertz CT molecular complexity index is 873. The average Bonchev–Trinajstić information content (AvgIpc) is 3.38. The van der Waals surface area contributed by atoms with E-state index in [0.717, 1.165) is 35.9 Å². The topological polar surface area (TPSA) is 50.1 Å². The standard InChI is InChI=1S/C20H24N6/c1-2-10-24(9-1)18-7-11-25(12-8-18)17-3-5-19(6-4-17)26-20-16(14-23-26)13-21-15-22-20/h3-6,13-15,18H,1-2,7-12H2. The average molecular weight is 348 g/mol. The van der Waals surface area contributed by atoms with Crippen molar-refractivity contribution in [3.8, 4) is 5.69 Å². The molecule has 0 amide bonds. The van der Waals surface area contributed by atoms with Crippen LogP contribution in [0.15, 0.2) is 43.0 Å². The molecule has 5 rings (SSSR count). The molecule has 6 heteroatoms. The highest BCUT2D eigenvalue weighted by molar-refractivity contribution is 5.75. The van der Waals surface area contributed by atoms with Crippen LogP contribution < -0.4 is 4.90 Å². The highest BCUT2D eigenvalue weighted by Crippen LogP contribution is 2.26. The van der Waals surface area contributed by atoms with Gasteiger partial charge in [0.1, 0.15) is 6.33 Å². The van der Waals surface area contributed by atoms with Crippen molar-refractivity contribution in [1.82, 2.24) is 24.6 Å². The lowest BCUT2D eigenvalue weighted by Gasteiger charge is -2.37. The summed E-state index contributed by atoms with van der Waals surface area (Å²) in [4.78, 5) is 13.6. The number of hydrogen-bond acceptors (Lipinski definition) is 5. The van der Waals surface area contributed by atoms with Gasteiger partial charge in [0.25, 0.3) is 0 Å². The van der Waals surface area contributed by atoms with Crippen molar-refractivity contribution in [2.45, 2.75) is 31.7 Å². The van der Waals surface area contributed by atoms with E-state index >= 15 is 0 Å². The molecule has 3 aromatic rings. The smallest absolute Gasteiger partial charge is 0.166 e. The van der Waals surface area contributed by atoms with Gasteiger partial charge in [0.05, 0.1) is 17.3 Å². The van der Waals surface area contributed by atoms with Crippen LogP contribution in [0.3, 0.4) is 0 Å². The third-order valence-electron chi connectivity index (χ3n) is 5.81. The van der Waals surface area contributed by atoms with Crippen LogP contribution in [0, 0.1) is 0 Å². The Morgan fingerprint density at radius 1 is 0.846 bits per heavy atom. The number of hydrogen-bond donors (Lipinski definition) is 0. The second-order valence-corrected chi connectivity index (χ2v) is 7.34. The van der Waals surface area contributed by atoms with E-state index in [4.69, 9.17) is 0 Å². The van der Waals surface area contributed by atoms with Gasteiger partial charge in [0, 0.05) is 31.0 Å². The van der Waals surface area contributed by atoms with Crippen LogP contribution in [-0.4, -0.2) is 56.9 Å². The second kappa shape index (κ2) is 6.68. The van der Waals surface area contributed by atoms with E-state index in [2.05, 4.69) is 49.1 Å². The van der Waals surface area contributed by atoms with E-state index in [1.54, 1.807) is 12.5 Å². The Morgan fingerprint density at radius 3 is 2.35 bits per heavy atom. The number of nitrogens with zero attached hydrogens (tertiary/aromatic N) is 6. The minimum Gasteiger partial charge on any atom is -0.371 e. The molecule has 2 aliphatic heterocycles. The Hall–Kier alpha value is -2.47. The van der Waals surface area contributed by atoms with E-state index in [-0.39, 0.29) is 0 Å². The van der Waals surface area contributed by atoms with Crippen LogP contribution in [0.2, 0.25) is 0 Å². The number of benzene rings is 1. The van der Waals surface area contributed by atoms with Gasteiger partial charge in [-0.3, -0.25) is 0 Å². The zero-order chi connectivity index (χ0) is 17.3. The molecule has 0 unspecified atom stereocenters. The number of rotatable bonds is 3. The molecule has 0 radical (unpaired) electrons. The fraction of sp³-hybridized carbons (Fsp3) is 0.450. The molecule has 4 heterocycles. The van der Waals surface area contributed by atoms with Gasteiger partial charge in [-0.15, -0.1) is 0 Å². The van der Waals surface area contributed by atoms with Crippen LogP contribution in [0.5, 0.6) is 0 Å². The fourth-order valence-corrected chi connectivity index (χ4v) is 4.37. The second-order valence-electron chi connectivity index (χ2n) is 7.34. The van der Waals surface area contributed by atoms with Gasteiger partial charge >= 0.3 is 0 Å². The Morgan fingerprint density at radius 2 is 1.58 bits per heavy atom. The number of fused-ring (bicyclic) bond motifs is 1. The third-order valence-corrected chi connectivity index (χ3v) is 5.81. The van der Waals surface area contributed by atoms with Crippen molar-refractivity contribution in [2.75, 3.05) is 31.1 Å². The van der Waals surface area contributed by atoms with E-state index < -0.39 is 0 Å². The van der Waals surface area contributed by atoms with Crippen molar-refractivity contribution < 1.29 is 0 Å². The van der Waals surface area contributed by atoms with Gasteiger partial charge in [-0.1, -0.05) is 0 Å². The van der Waals surface area contributed by atoms with Crippen LogP contribution in [0.25, 0.3) is 16.7 Å². The summed E-state index contributed by atoms with van der Waals surface area (Å²) in [6, 6.07) is 9.48. The number of piperidine rings is 1. The lowest BCUT2D eigenvalue weighted by Crippen LogP contribution is -2.43. The zero-order valence-electron chi connectivity index (χ0n) is 15.0. The molecular weight excluding hydrogens is 324 g/mol. The number of likely N-dealkylation sites (tertiary alicyclic amines) is 1. The summed E-state index contributed by atoms with van der Waals surface area (Å²) in [5, 5.41) is 5.42. The maximum Gasteiger partial charge on any atom is 0.166 e. The van der Waals surface area contributed by atoms with Gasteiger partial charge in [-0.2, -0.15) is 5.10 Å². The first-order valence-electron chi connectivity index (χ1n) is 9.62. The molecule has 134 valence electrons. The lowest BCUT2D eigenvalue weighted by atomic mass is 10.0. The van der Waals surface area contributed by atoms with Gasteiger partial charge < -0.3 is 9.80 Å². The fourth-order valence-electron chi connectivity index (χ4n) is 4.37. The maximum absolute atomic E-state index is 4.46. The summed E-state index contributed by atoms with van der Waals surface area (Å²) >= 11 is 0. The Labute approximate surface area is 153 Å². The van der Waals surface area contributed by atoms with Gasteiger partial charge in [-0.05, 0) is 63.0 Å². The molecule has 0 spiro atoms. The molecule has 2 saturated heterocycles. The monoisotopic (exact) mass is 348 g/mol. The van der Waals surface area contributed by atoms with Crippen molar-refractivity contribution in [1.29, 1.82) is 0 Å². The molecule has 0 aliphatic carbocycles. The molecule has 26 heavy (non-hydrogen) atoms. The zero-order valence-corrected chi connectivity index (χ0v) is 15.0. The van der Waals surface area contributed by atoms with Crippen molar-refractivity contribution >= 4 is 16.7 Å². The molecule has 2 aliphatic rings. The molecule has 0 atom stereocenters. The molecular formula is C20H24N6. The van der Waals surface area contributed by atoms with E-state index in [0.29, 0.717) is 0 Å². The quantitative estimate of drug-likeness (QED) is 0.728. The number of anilines is 1. The van der Waals surface area contributed by atoms with Crippen LogP contribution in [-0.2, 0) is 0 Å². The number of aromatic nitrogens is 4. The Balaban J connectivity index is 1.30. The molecule has 0 N–H and O–H groups in total. The van der Waals surface area contributed by atoms with E-state index in [1.807, 2.05) is 10.9 Å². The van der Waals surface area contributed by atoms with Gasteiger partial charge in [-0.25, -0.2) is 14.6 Å². The molecule has 6 nitrogen and oxygen atoms in total. The summed E-state index contributed by atoms with van der Waals surface area (Å²) in [7, 11) is 0. The predicted molar refractivity (Wildman–Crippen MR) is 103 cm³/mol. The molecule has 0 bridgehead atoms. The summed E-state index contributed by atoms with van der Waals surface area (Å²) in [5.41, 5.74) is 3.19. The normalized spacial score (nSPS) is 19.5. The van der Waals surface area contributed by atoms with Gasteiger partial charge in [0.15, 0.2) is 5.65 Å². The molecule has 0 saturated carbocycles. The molecule has 1 aromatic carbocycles. The third kappa shape index (κ3) is 2.84. The van der Waals surface area contributed by atoms with E-state index in [1.165, 1.54) is 44.5 Å². The maximum atomic E-state index is 4.46. The van der Waals surface area contributed by atoms with Gasteiger partial charge in [0.2, 0.25) is 0 Å². The summed E-state index contributed by atoms with van der Waals surface area (Å²) in [5.74, 6) is 0. The van der Waals surface area contributed by atoms with Crippen molar-refractivity contribution in [3.63, 3.8) is 0 Å². The van der Waals surface area contributed by atoms with Crippen molar-refractivity contribution in [3.05, 3.63) is 43.0 Å². The summed E-state index contributed by atoms with van der Waals surface area (Å²) in [6.45, 7) is 4.92. The largest absolute Gasteiger partial charge is 0.371 e. The van der Waals surface area contributed by atoms with Crippen LogP contribution >= 0.6 is 0 Å². The molecule has 2 fully saturated rings. The highest BCUT2D eigenvalue weighted by atomic mass is 15.3. The summed E-state index contributed by atoms with van der Waals surface area (Å²) < 4.78 is 1.88. The highest BCUT2D eigenvalue weighted by Gasteiger charge is 2.26. The van der Waals surface area contributed by atoms with Crippen LogP contribution in [0.4, 0.5) is 5.69 Å². The first kappa shape index (κ1) is 15.8. The van der Waals surface area contributed by atoms with Crippen LogP contribution in [0.1, 0.15) is 25.7 Å². The minimum absolute atomic E-state index is 0.795. The van der Waals surface area contributed by atoms with Crippen molar-refractivity contribution in [2.24, 2.45) is 0 Å². The SMILES string of the molecule is c1ncc2cnn(-c3ccc(N4CCC(N5CCCC5)CC4)cc3)c2n1. The first-order chi connectivity index (χ1) is 12.9. The lowest BCUT2D eigenvalue weighted by molar-refractivity contribution is 0.208. The summed E-state index contributed by atoms with van der Waals surface area (Å²) in [6.07, 6.45) is 10.5. The molecule has 2 aromatic heterocycles. The Kier molecular flexibility index (Phi) is 4.05. The first-order valence-corrected chi connectivity index (χ1v) is 9.62. The predicted octanol–water partition coefficient (Wildman–Crippen LogP) is 2.88.